The molecule has 3 nitrogen and oxygen atoms in total. The van der Waals surface area contributed by atoms with Crippen LogP contribution in [0.1, 0.15) is 0 Å². The van der Waals surface area contributed by atoms with E-state index in [0.717, 1.165) is 17.0 Å². The summed E-state index contributed by atoms with van der Waals surface area (Å²) in [5.74, 6) is 0.967. The Balaban J connectivity index is 2.74. The molecule has 2 aromatic rings. The highest BCUT2D eigenvalue weighted by molar-refractivity contribution is 5.78. The average molecular weight is 174 g/mol. The largest absolute Gasteiger partial charge is 0.348 e. The van der Waals surface area contributed by atoms with Crippen LogP contribution in [0.4, 0.5) is 5.95 Å². The van der Waals surface area contributed by atoms with Gasteiger partial charge in [-0.3, -0.25) is 0 Å². The maximum atomic E-state index is 4.48. The molecule has 13 heavy (non-hydrogen) atoms. The van der Waals surface area contributed by atoms with Gasteiger partial charge in [0.15, 0.2) is 0 Å². The Labute approximate surface area is 77.6 Å². The van der Waals surface area contributed by atoms with Gasteiger partial charge in [0.05, 0.1) is 11.0 Å². The van der Waals surface area contributed by atoms with Gasteiger partial charge in [-0.05, 0) is 18.2 Å². The van der Waals surface area contributed by atoms with Crippen LogP contribution >= 0.6 is 0 Å². The molecule has 0 atom stereocenters. The number of imidazole rings is 1. The molecular weight excluding hydrogens is 162 g/mol. The van der Waals surface area contributed by atoms with Crippen molar-refractivity contribution >= 4 is 17.0 Å². The summed E-state index contributed by atoms with van der Waals surface area (Å²) < 4.78 is 2.06. The summed E-state index contributed by atoms with van der Waals surface area (Å²) in [4.78, 5) is 6.48. The second-order valence-electron chi connectivity index (χ2n) is 3.28. The van der Waals surface area contributed by atoms with E-state index in [1.54, 1.807) is 0 Å². The fourth-order valence-electron chi connectivity index (χ4n) is 1.47. The van der Waals surface area contributed by atoms with Crippen molar-refractivity contribution in [3.63, 3.8) is 0 Å². The molecule has 0 amide bonds. The van der Waals surface area contributed by atoms with E-state index in [0.29, 0.717) is 0 Å². The Morgan fingerprint density at radius 1 is 1.46 bits per heavy atom. The zero-order chi connectivity index (χ0) is 9.42. The second kappa shape index (κ2) is 2.76. The first-order chi connectivity index (χ1) is 6.20. The fraction of sp³-hybridized carbons (Fsp3) is 0.300. The molecule has 67 valence electrons. The summed E-state index contributed by atoms with van der Waals surface area (Å²) in [5, 5.41) is 0. The van der Waals surface area contributed by atoms with Crippen molar-refractivity contribution in [2.24, 2.45) is 7.05 Å². The van der Waals surface area contributed by atoms with Crippen LogP contribution in [-0.2, 0) is 7.05 Å². The number of anilines is 1. The molecule has 1 aromatic heterocycles. The monoisotopic (exact) mass is 174 g/mol. The molecule has 0 saturated heterocycles. The predicted molar refractivity (Wildman–Crippen MR) is 53.9 cm³/mol. The highest BCUT2D eigenvalue weighted by atomic mass is 15.3. The van der Waals surface area contributed by atoms with E-state index >= 15 is 0 Å². The maximum Gasteiger partial charge on any atom is 0.205 e. The van der Waals surface area contributed by atoms with Crippen LogP contribution in [0.3, 0.4) is 0 Å². The Hall–Kier alpha value is -1.51. The third-order valence-corrected chi connectivity index (χ3v) is 2.10. The van der Waals surface area contributed by atoms with Crippen LogP contribution in [0.5, 0.6) is 0 Å². The minimum atomic E-state index is 0.967. The van der Waals surface area contributed by atoms with Crippen LogP contribution < -0.4 is 4.90 Å². The van der Waals surface area contributed by atoms with Crippen LogP contribution in [0, 0.1) is 6.07 Å². The molecule has 0 bridgehead atoms. The minimum absolute atomic E-state index is 0.967. The van der Waals surface area contributed by atoms with Gasteiger partial charge in [-0.1, -0.05) is 6.07 Å². The van der Waals surface area contributed by atoms with Gasteiger partial charge < -0.3 is 9.47 Å². The van der Waals surface area contributed by atoms with E-state index in [4.69, 9.17) is 0 Å². The third-order valence-electron chi connectivity index (χ3n) is 2.10. The lowest BCUT2D eigenvalue weighted by atomic mass is 10.3. The van der Waals surface area contributed by atoms with E-state index in [1.807, 2.05) is 44.2 Å². The average Bonchev–Trinajstić information content (AvgIpc) is 2.45. The molecule has 3 heteroatoms. The fourth-order valence-corrected chi connectivity index (χ4v) is 1.47. The van der Waals surface area contributed by atoms with Crippen LogP contribution in [-0.4, -0.2) is 23.6 Å². The van der Waals surface area contributed by atoms with Gasteiger partial charge in [0.25, 0.3) is 0 Å². The van der Waals surface area contributed by atoms with Crippen LogP contribution in [0.2, 0.25) is 0 Å². The summed E-state index contributed by atoms with van der Waals surface area (Å²) in [6.45, 7) is 0. The number of benzene rings is 1. The maximum absolute atomic E-state index is 4.48. The molecule has 2 rings (SSSR count). The van der Waals surface area contributed by atoms with Crippen molar-refractivity contribution in [1.82, 2.24) is 9.55 Å². The predicted octanol–water partition coefficient (Wildman–Crippen LogP) is 1.44. The lowest BCUT2D eigenvalue weighted by Crippen LogP contribution is -2.13. The Morgan fingerprint density at radius 3 is 2.85 bits per heavy atom. The zero-order valence-electron chi connectivity index (χ0n) is 8.07. The van der Waals surface area contributed by atoms with E-state index in [1.165, 1.54) is 0 Å². The SMILES string of the molecule is CN(C)c1nc2cc[c]cc2n1C. The standard InChI is InChI=1S/C10H12N3/c1-12(2)10-11-8-6-4-5-7-9(8)13(10)3/h4,6-7H,1-3H3. The summed E-state index contributed by atoms with van der Waals surface area (Å²) in [5.41, 5.74) is 2.14. The van der Waals surface area contributed by atoms with Crippen molar-refractivity contribution in [2.45, 2.75) is 0 Å². The van der Waals surface area contributed by atoms with Gasteiger partial charge in [0.2, 0.25) is 5.95 Å². The molecule has 0 aliphatic carbocycles. The van der Waals surface area contributed by atoms with E-state index in [-0.39, 0.29) is 0 Å². The highest BCUT2D eigenvalue weighted by Gasteiger charge is 2.07. The first-order valence-corrected chi connectivity index (χ1v) is 4.20. The molecule has 1 aromatic carbocycles. The first kappa shape index (κ1) is 8.10. The molecule has 0 aliphatic rings. The number of aromatic nitrogens is 2. The van der Waals surface area contributed by atoms with Gasteiger partial charge in [-0.2, -0.15) is 0 Å². The number of aryl methyl sites for hydroxylation is 1. The normalized spacial score (nSPS) is 10.7. The van der Waals surface area contributed by atoms with Crippen molar-refractivity contribution in [1.29, 1.82) is 0 Å². The topological polar surface area (TPSA) is 21.1 Å². The molecule has 0 fully saturated rings. The van der Waals surface area contributed by atoms with E-state index < -0.39 is 0 Å². The van der Waals surface area contributed by atoms with E-state index in [9.17, 15) is 0 Å². The highest BCUT2D eigenvalue weighted by Crippen LogP contribution is 2.18. The Bertz CT molecular complexity index is 429. The number of fused-ring (bicyclic) bond motifs is 1. The van der Waals surface area contributed by atoms with Crippen molar-refractivity contribution < 1.29 is 0 Å². The zero-order valence-corrected chi connectivity index (χ0v) is 8.07. The Morgan fingerprint density at radius 2 is 2.23 bits per heavy atom. The Kier molecular flexibility index (Phi) is 1.72. The minimum Gasteiger partial charge on any atom is -0.348 e. The molecule has 1 radical (unpaired) electrons. The molecule has 0 spiro atoms. The van der Waals surface area contributed by atoms with Crippen molar-refractivity contribution in [3.05, 3.63) is 24.3 Å². The molecule has 0 unspecified atom stereocenters. The van der Waals surface area contributed by atoms with Gasteiger partial charge in [0, 0.05) is 21.1 Å². The smallest absolute Gasteiger partial charge is 0.205 e. The van der Waals surface area contributed by atoms with Gasteiger partial charge in [0.1, 0.15) is 0 Å². The van der Waals surface area contributed by atoms with Crippen molar-refractivity contribution in [3.8, 4) is 0 Å². The van der Waals surface area contributed by atoms with Crippen LogP contribution in [0.25, 0.3) is 11.0 Å². The summed E-state index contributed by atoms with van der Waals surface area (Å²) in [6, 6.07) is 8.86. The van der Waals surface area contributed by atoms with E-state index in [2.05, 4.69) is 15.6 Å². The third kappa shape index (κ3) is 1.16. The lowest BCUT2D eigenvalue weighted by molar-refractivity contribution is 0.890. The first-order valence-electron chi connectivity index (χ1n) is 4.20. The summed E-state index contributed by atoms with van der Waals surface area (Å²) in [7, 11) is 5.99. The molecular formula is C10H12N3. The molecule has 0 aliphatic heterocycles. The summed E-state index contributed by atoms with van der Waals surface area (Å²) >= 11 is 0. The van der Waals surface area contributed by atoms with Gasteiger partial charge in [-0.15, -0.1) is 0 Å². The summed E-state index contributed by atoms with van der Waals surface area (Å²) in [6.07, 6.45) is 0. The van der Waals surface area contributed by atoms with Crippen molar-refractivity contribution in [2.75, 3.05) is 19.0 Å². The molecule has 0 saturated carbocycles. The number of hydrogen-bond acceptors (Lipinski definition) is 2. The molecule has 0 N–H and O–H groups in total. The van der Waals surface area contributed by atoms with Gasteiger partial charge >= 0.3 is 0 Å². The number of nitrogens with zero attached hydrogens (tertiary/aromatic N) is 3. The van der Waals surface area contributed by atoms with Crippen LogP contribution in [0.15, 0.2) is 18.2 Å². The molecule has 1 heterocycles. The lowest BCUT2D eigenvalue weighted by Gasteiger charge is -2.10. The number of hydrogen-bond donors (Lipinski definition) is 0. The quantitative estimate of drug-likeness (QED) is 0.652. The second-order valence-corrected chi connectivity index (χ2v) is 3.28. The van der Waals surface area contributed by atoms with Gasteiger partial charge in [-0.25, -0.2) is 4.98 Å². The number of rotatable bonds is 1.